The molecule has 3 aromatic rings. The van der Waals surface area contributed by atoms with E-state index >= 15 is 0 Å². The summed E-state index contributed by atoms with van der Waals surface area (Å²) in [6.07, 6.45) is 7.67. The monoisotopic (exact) mass is 342 g/mol. The second-order valence-corrected chi connectivity index (χ2v) is 6.83. The molecule has 0 spiro atoms. The Bertz CT molecular complexity index is 827. The highest BCUT2D eigenvalue weighted by Gasteiger charge is 2.24. The molecule has 23 heavy (non-hydrogen) atoms. The van der Waals surface area contributed by atoms with Crippen LogP contribution in [0.15, 0.2) is 61.2 Å². The summed E-state index contributed by atoms with van der Waals surface area (Å²) < 4.78 is 2.08. The number of rotatable bonds is 3. The molecular weight excluding hydrogens is 327 g/mol. The number of hydrogen-bond donors (Lipinski definition) is 0. The molecule has 4 heteroatoms. The molecule has 1 aliphatic rings. The minimum Gasteiger partial charge on any atom is -0.326 e. The Kier molecular flexibility index (Phi) is 3.88. The number of fused-ring (bicyclic) bond motifs is 1. The molecule has 4 rings (SSSR count). The molecule has 0 radical (unpaired) electrons. The number of nitrogens with zero attached hydrogens (tertiary/aromatic N) is 2. The first kappa shape index (κ1) is 14.8. The molecule has 116 valence electrons. The van der Waals surface area contributed by atoms with Crippen molar-refractivity contribution in [3.05, 3.63) is 88.5 Å². The van der Waals surface area contributed by atoms with Crippen LogP contribution in [-0.4, -0.2) is 9.55 Å². The van der Waals surface area contributed by atoms with Crippen molar-refractivity contribution in [3.8, 4) is 0 Å². The average Bonchev–Trinajstić information content (AvgIpc) is 3.21. The Hall–Kier alpha value is -1.77. The van der Waals surface area contributed by atoms with Crippen molar-refractivity contribution in [3.63, 3.8) is 0 Å². The van der Waals surface area contributed by atoms with E-state index in [2.05, 4.69) is 33.8 Å². The smallest absolute Gasteiger partial charge is 0.0954 e. The van der Waals surface area contributed by atoms with Crippen molar-refractivity contribution >= 4 is 23.2 Å². The Morgan fingerprint density at radius 1 is 1.17 bits per heavy atom. The zero-order valence-corrected chi connectivity index (χ0v) is 14.0. The van der Waals surface area contributed by atoms with Gasteiger partial charge in [0.05, 0.1) is 17.7 Å². The fourth-order valence-electron chi connectivity index (χ4n) is 3.37. The van der Waals surface area contributed by atoms with Crippen LogP contribution in [0.2, 0.25) is 5.02 Å². The van der Waals surface area contributed by atoms with Gasteiger partial charge in [0.1, 0.15) is 0 Å². The van der Waals surface area contributed by atoms with Crippen molar-refractivity contribution in [2.75, 3.05) is 0 Å². The molecule has 2 atom stereocenters. The fourth-order valence-corrected chi connectivity index (χ4v) is 3.92. The van der Waals surface area contributed by atoms with Crippen molar-refractivity contribution in [2.45, 2.75) is 24.3 Å². The molecule has 0 saturated carbocycles. The predicted octanol–water partition coefficient (Wildman–Crippen LogP) is 5.40. The van der Waals surface area contributed by atoms with Crippen LogP contribution >= 0.6 is 23.2 Å². The first-order chi connectivity index (χ1) is 11.2. The molecular formula is C19H16Cl2N2. The van der Waals surface area contributed by atoms with Gasteiger partial charge >= 0.3 is 0 Å². The molecule has 1 aromatic heterocycles. The third-order valence-electron chi connectivity index (χ3n) is 4.51. The van der Waals surface area contributed by atoms with Crippen LogP contribution in [0.25, 0.3) is 0 Å². The Balaban J connectivity index is 1.87. The van der Waals surface area contributed by atoms with Crippen LogP contribution in [0, 0.1) is 0 Å². The minimum absolute atomic E-state index is 0.000895. The van der Waals surface area contributed by atoms with E-state index in [9.17, 15) is 0 Å². The summed E-state index contributed by atoms with van der Waals surface area (Å²) in [6.45, 7) is 0. The fraction of sp³-hybridized carbons (Fsp3) is 0.211. The predicted molar refractivity (Wildman–Crippen MR) is 94.3 cm³/mol. The van der Waals surface area contributed by atoms with E-state index in [-0.39, 0.29) is 11.4 Å². The molecule has 0 bridgehead atoms. The quantitative estimate of drug-likeness (QED) is 0.582. The zero-order chi connectivity index (χ0) is 15.8. The lowest BCUT2D eigenvalue weighted by molar-refractivity contribution is 0.676. The summed E-state index contributed by atoms with van der Waals surface area (Å²) in [4.78, 5) is 4.21. The summed E-state index contributed by atoms with van der Waals surface area (Å²) in [6, 6.07) is 14.6. The third-order valence-corrected chi connectivity index (χ3v) is 5.31. The molecule has 0 aliphatic heterocycles. The van der Waals surface area contributed by atoms with E-state index in [0.29, 0.717) is 0 Å². The topological polar surface area (TPSA) is 17.8 Å². The number of halogens is 2. The Morgan fingerprint density at radius 2 is 2.04 bits per heavy atom. The van der Waals surface area contributed by atoms with Crippen LogP contribution in [0.3, 0.4) is 0 Å². The number of aryl methyl sites for hydroxylation is 1. The van der Waals surface area contributed by atoms with E-state index in [4.69, 9.17) is 23.2 Å². The van der Waals surface area contributed by atoms with Crippen LogP contribution in [0.4, 0.5) is 0 Å². The lowest BCUT2D eigenvalue weighted by Crippen LogP contribution is -2.11. The summed E-state index contributed by atoms with van der Waals surface area (Å²) in [7, 11) is 0. The number of hydrogen-bond acceptors (Lipinski definition) is 1. The molecule has 0 N–H and O–H groups in total. The van der Waals surface area contributed by atoms with Gasteiger partial charge in [0.2, 0.25) is 0 Å². The van der Waals surface area contributed by atoms with Crippen molar-refractivity contribution in [1.29, 1.82) is 0 Å². The molecule has 2 aromatic carbocycles. The standard InChI is InChI=1S/C19H16Cl2N2/c20-17-4-2-1-3-15(17)19(23-10-9-22-12-23)14-6-5-13-7-8-18(21)16(13)11-14/h1-6,9-12,18-19H,7-8H2. The third kappa shape index (κ3) is 2.66. The molecule has 0 saturated heterocycles. The van der Waals surface area contributed by atoms with Crippen LogP contribution in [0.1, 0.15) is 40.1 Å². The average molecular weight is 343 g/mol. The van der Waals surface area contributed by atoms with Crippen molar-refractivity contribution < 1.29 is 0 Å². The Morgan fingerprint density at radius 3 is 2.83 bits per heavy atom. The normalized spacial score (nSPS) is 17.9. The molecule has 0 fully saturated rings. The zero-order valence-electron chi connectivity index (χ0n) is 12.5. The maximum atomic E-state index is 6.48. The molecule has 2 nitrogen and oxygen atoms in total. The highest BCUT2D eigenvalue weighted by Crippen LogP contribution is 2.39. The second kappa shape index (κ2) is 6.03. The molecule has 2 unspecified atom stereocenters. The van der Waals surface area contributed by atoms with Gasteiger partial charge in [-0.2, -0.15) is 0 Å². The minimum atomic E-state index is 0.000895. The number of benzene rings is 2. The lowest BCUT2D eigenvalue weighted by atomic mass is 9.95. The summed E-state index contributed by atoms with van der Waals surface area (Å²) in [5.74, 6) is 0. The van der Waals surface area contributed by atoms with Gasteiger partial charge < -0.3 is 4.57 Å². The first-order valence-electron chi connectivity index (χ1n) is 7.72. The largest absolute Gasteiger partial charge is 0.326 e. The summed E-state index contributed by atoms with van der Waals surface area (Å²) in [5, 5.41) is 0.869. The van der Waals surface area contributed by atoms with Gasteiger partial charge in [-0.25, -0.2) is 4.98 Å². The molecule has 1 heterocycles. The van der Waals surface area contributed by atoms with Gasteiger partial charge in [-0.15, -0.1) is 11.6 Å². The van der Waals surface area contributed by atoms with Gasteiger partial charge in [-0.3, -0.25) is 0 Å². The van der Waals surface area contributed by atoms with Crippen molar-refractivity contribution in [1.82, 2.24) is 9.55 Å². The maximum absolute atomic E-state index is 6.48. The van der Waals surface area contributed by atoms with Crippen LogP contribution in [-0.2, 0) is 6.42 Å². The van der Waals surface area contributed by atoms with Gasteiger partial charge in [-0.1, -0.05) is 48.0 Å². The summed E-state index contributed by atoms with van der Waals surface area (Å²) in [5.41, 5.74) is 4.86. The highest BCUT2D eigenvalue weighted by molar-refractivity contribution is 6.31. The van der Waals surface area contributed by atoms with Crippen LogP contribution in [0.5, 0.6) is 0 Å². The first-order valence-corrected chi connectivity index (χ1v) is 8.54. The SMILES string of the molecule is Clc1ccccc1C(c1ccc2c(c1)C(Cl)CC2)n1ccnc1. The van der Waals surface area contributed by atoms with E-state index in [1.54, 1.807) is 6.20 Å². The van der Waals surface area contributed by atoms with E-state index in [0.717, 1.165) is 23.4 Å². The van der Waals surface area contributed by atoms with Gasteiger partial charge in [-0.05, 0) is 41.2 Å². The summed E-state index contributed by atoms with van der Waals surface area (Å²) >= 11 is 12.9. The van der Waals surface area contributed by atoms with Crippen molar-refractivity contribution in [2.24, 2.45) is 0 Å². The van der Waals surface area contributed by atoms with Gasteiger partial charge in [0.25, 0.3) is 0 Å². The van der Waals surface area contributed by atoms with E-state index < -0.39 is 0 Å². The van der Waals surface area contributed by atoms with E-state index in [1.165, 1.54) is 16.7 Å². The van der Waals surface area contributed by atoms with E-state index in [1.807, 2.05) is 30.7 Å². The second-order valence-electron chi connectivity index (χ2n) is 5.90. The number of alkyl halides is 1. The lowest BCUT2D eigenvalue weighted by Gasteiger charge is -2.22. The number of imidazole rings is 1. The highest BCUT2D eigenvalue weighted by atomic mass is 35.5. The number of aromatic nitrogens is 2. The van der Waals surface area contributed by atoms with Gasteiger partial charge in [0.15, 0.2) is 0 Å². The Labute approximate surface area is 145 Å². The van der Waals surface area contributed by atoms with Crippen LogP contribution < -0.4 is 0 Å². The maximum Gasteiger partial charge on any atom is 0.0954 e. The van der Waals surface area contributed by atoms with Gasteiger partial charge in [0, 0.05) is 17.4 Å². The molecule has 0 amide bonds. The molecule has 1 aliphatic carbocycles.